The number of benzene rings is 2. The maximum Gasteiger partial charge on any atom is 0.272 e. The summed E-state index contributed by atoms with van der Waals surface area (Å²) in [5.41, 5.74) is 1.23. The Morgan fingerprint density at radius 1 is 1.04 bits per heavy atom. The van der Waals surface area contributed by atoms with Crippen LogP contribution in [-0.2, 0) is 24.8 Å². The van der Waals surface area contributed by atoms with Gasteiger partial charge in [0.15, 0.2) is 6.10 Å². The van der Waals surface area contributed by atoms with Crippen molar-refractivity contribution in [2.24, 2.45) is 0 Å². The summed E-state index contributed by atoms with van der Waals surface area (Å²) in [6.07, 6.45) is -0.0793. The topological polar surface area (TPSA) is 72.5 Å². The molecule has 0 heterocycles. The fourth-order valence-electron chi connectivity index (χ4n) is 2.22. The zero-order valence-corrected chi connectivity index (χ0v) is 14.3. The Morgan fingerprint density at radius 3 is 2.21 bits per heavy atom. The van der Waals surface area contributed by atoms with Crippen molar-refractivity contribution < 1.29 is 17.4 Å². The molecular formula is C18H21NO4S. The van der Waals surface area contributed by atoms with Gasteiger partial charge in [0.05, 0.1) is 0 Å². The summed E-state index contributed by atoms with van der Waals surface area (Å²) in [6.45, 7) is 1.87. The molecule has 6 heteroatoms. The van der Waals surface area contributed by atoms with Gasteiger partial charge in [-0.25, -0.2) is 0 Å². The first-order valence-corrected chi connectivity index (χ1v) is 9.38. The molecule has 24 heavy (non-hydrogen) atoms. The minimum atomic E-state index is -3.85. The molecule has 0 aliphatic carbocycles. The van der Waals surface area contributed by atoms with E-state index in [-0.39, 0.29) is 5.75 Å². The molecule has 0 spiro atoms. The molecule has 0 aromatic heterocycles. The zero-order chi connectivity index (χ0) is 17.4. The van der Waals surface area contributed by atoms with Crippen molar-refractivity contribution in [3.8, 4) is 0 Å². The summed E-state index contributed by atoms with van der Waals surface area (Å²) in [5, 5.41) is 2.68. The Labute approximate surface area is 142 Å². The second kappa shape index (κ2) is 8.61. The van der Waals surface area contributed by atoms with Gasteiger partial charge in [-0.15, -0.1) is 0 Å². The first kappa shape index (κ1) is 18.2. The van der Waals surface area contributed by atoms with Gasteiger partial charge in [-0.05, 0) is 24.1 Å². The number of hydrogen-bond donors (Lipinski definition) is 1. The number of para-hydroxylation sites is 1. The second-order valence-corrected chi connectivity index (χ2v) is 7.01. The lowest BCUT2D eigenvalue weighted by Gasteiger charge is -2.17. The molecular weight excluding hydrogens is 326 g/mol. The van der Waals surface area contributed by atoms with E-state index in [4.69, 9.17) is 4.18 Å². The number of rotatable bonds is 8. The molecule has 0 unspecified atom stereocenters. The SMILES string of the molecule is CCC[C@H](OS(=O)(=O)Cc1ccccc1)C(=O)Nc1ccccc1. The summed E-state index contributed by atoms with van der Waals surface area (Å²) in [7, 11) is -3.85. The van der Waals surface area contributed by atoms with Gasteiger partial charge >= 0.3 is 0 Å². The van der Waals surface area contributed by atoms with Gasteiger partial charge in [0.1, 0.15) is 5.75 Å². The molecule has 2 rings (SSSR count). The van der Waals surface area contributed by atoms with Crippen molar-refractivity contribution in [1.29, 1.82) is 0 Å². The van der Waals surface area contributed by atoms with Crippen molar-refractivity contribution in [3.05, 3.63) is 66.2 Å². The van der Waals surface area contributed by atoms with Crippen molar-refractivity contribution in [2.45, 2.75) is 31.6 Å². The van der Waals surface area contributed by atoms with Crippen LogP contribution in [0.25, 0.3) is 0 Å². The van der Waals surface area contributed by atoms with Crippen molar-refractivity contribution in [3.63, 3.8) is 0 Å². The Bertz CT molecular complexity index is 745. The van der Waals surface area contributed by atoms with Crippen LogP contribution in [-0.4, -0.2) is 20.4 Å². The Morgan fingerprint density at radius 2 is 1.62 bits per heavy atom. The monoisotopic (exact) mass is 347 g/mol. The van der Waals surface area contributed by atoms with Crippen molar-refractivity contribution in [2.75, 3.05) is 5.32 Å². The number of hydrogen-bond acceptors (Lipinski definition) is 4. The summed E-state index contributed by atoms with van der Waals surface area (Å²) >= 11 is 0. The minimum Gasteiger partial charge on any atom is -0.324 e. The van der Waals surface area contributed by atoms with E-state index >= 15 is 0 Å². The predicted octanol–water partition coefficient (Wildman–Crippen LogP) is 3.34. The maximum absolute atomic E-state index is 12.3. The van der Waals surface area contributed by atoms with Crippen molar-refractivity contribution in [1.82, 2.24) is 0 Å². The average Bonchev–Trinajstić information content (AvgIpc) is 2.55. The van der Waals surface area contributed by atoms with Crippen LogP contribution in [0.3, 0.4) is 0 Å². The van der Waals surface area contributed by atoms with E-state index in [0.29, 0.717) is 24.1 Å². The van der Waals surface area contributed by atoms with Crippen LogP contribution < -0.4 is 5.32 Å². The van der Waals surface area contributed by atoms with Gasteiger partial charge in [0, 0.05) is 5.69 Å². The van der Waals surface area contributed by atoms with Crippen LogP contribution in [0.4, 0.5) is 5.69 Å². The van der Waals surface area contributed by atoms with Crippen LogP contribution >= 0.6 is 0 Å². The first-order valence-electron chi connectivity index (χ1n) is 7.81. The molecule has 1 atom stereocenters. The number of nitrogens with one attached hydrogen (secondary N) is 1. The van der Waals surface area contributed by atoms with Crippen LogP contribution in [0.5, 0.6) is 0 Å². The average molecular weight is 347 g/mol. The van der Waals surface area contributed by atoms with E-state index in [2.05, 4.69) is 5.32 Å². The van der Waals surface area contributed by atoms with Gasteiger partial charge in [0.2, 0.25) is 0 Å². The fourth-order valence-corrected chi connectivity index (χ4v) is 3.42. The molecule has 0 saturated heterocycles. The molecule has 0 aliphatic rings. The normalized spacial score (nSPS) is 12.5. The molecule has 128 valence electrons. The fraction of sp³-hybridized carbons (Fsp3) is 0.278. The van der Waals surface area contributed by atoms with Gasteiger partial charge in [-0.2, -0.15) is 8.42 Å². The van der Waals surface area contributed by atoms with Gasteiger partial charge in [-0.3, -0.25) is 8.98 Å². The summed E-state index contributed by atoms with van der Waals surface area (Å²) in [5.74, 6) is -0.716. The minimum absolute atomic E-state index is 0.257. The Kier molecular flexibility index (Phi) is 6.52. The van der Waals surface area contributed by atoms with E-state index in [1.807, 2.05) is 19.1 Å². The largest absolute Gasteiger partial charge is 0.324 e. The summed E-state index contributed by atoms with van der Waals surface area (Å²) in [4.78, 5) is 12.3. The molecule has 0 aliphatic heterocycles. The zero-order valence-electron chi connectivity index (χ0n) is 13.5. The molecule has 0 bridgehead atoms. The third-order valence-corrected chi connectivity index (χ3v) is 4.55. The highest BCUT2D eigenvalue weighted by Gasteiger charge is 2.25. The number of amides is 1. The molecule has 2 aromatic carbocycles. The van der Waals surface area contributed by atoms with Crippen LogP contribution in [0.2, 0.25) is 0 Å². The molecule has 1 amide bonds. The molecule has 1 N–H and O–H groups in total. The highest BCUT2D eigenvalue weighted by atomic mass is 32.2. The van der Waals surface area contributed by atoms with E-state index in [1.54, 1.807) is 48.5 Å². The second-order valence-electron chi connectivity index (χ2n) is 5.42. The smallest absolute Gasteiger partial charge is 0.272 e. The van der Waals surface area contributed by atoms with Crippen LogP contribution in [0, 0.1) is 0 Å². The molecule has 0 saturated carbocycles. The van der Waals surface area contributed by atoms with Gasteiger partial charge in [0.25, 0.3) is 16.0 Å². The third kappa shape index (κ3) is 5.79. The lowest BCUT2D eigenvalue weighted by molar-refractivity contribution is -0.122. The van der Waals surface area contributed by atoms with E-state index in [1.165, 1.54) is 0 Å². The summed E-state index contributed by atoms with van der Waals surface area (Å²) in [6, 6.07) is 17.6. The molecule has 0 radical (unpaired) electrons. The highest BCUT2D eigenvalue weighted by molar-refractivity contribution is 7.85. The van der Waals surface area contributed by atoms with Crippen LogP contribution in [0.1, 0.15) is 25.3 Å². The van der Waals surface area contributed by atoms with Gasteiger partial charge in [-0.1, -0.05) is 61.9 Å². The Hall–Kier alpha value is -2.18. The highest BCUT2D eigenvalue weighted by Crippen LogP contribution is 2.15. The van der Waals surface area contributed by atoms with Gasteiger partial charge < -0.3 is 5.32 Å². The van der Waals surface area contributed by atoms with E-state index in [0.717, 1.165) is 0 Å². The van der Waals surface area contributed by atoms with E-state index < -0.39 is 22.1 Å². The Balaban J connectivity index is 2.05. The lowest BCUT2D eigenvalue weighted by Crippen LogP contribution is -2.33. The lowest BCUT2D eigenvalue weighted by atomic mass is 10.2. The van der Waals surface area contributed by atoms with Crippen molar-refractivity contribution >= 4 is 21.7 Å². The standard InChI is InChI=1S/C18H21NO4S/c1-2-9-17(18(20)19-16-12-7-4-8-13-16)23-24(21,22)14-15-10-5-3-6-11-15/h3-8,10-13,17H,2,9,14H2,1H3,(H,19,20)/t17-/m0/s1. The molecule has 2 aromatic rings. The number of anilines is 1. The quantitative estimate of drug-likeness (QED) is 0.743. The number of carbonyl (C=O) groups is 1. The molecule has 0 fully saturated rings. The van der Waals surface area contributed by atoms with E-state index in [9.17, 15) is 13.2 Å². The summed E-state index contributed by atoms with van der Waals surface area (Å²) < 4.78 is 29.7. The maximum atomic E-state index is 12.3. The predicted molar refractivity (Wildman–Crippen MR) is 93.9 cm³/mol. The molecule has 5 nitrogen and oxygen atoms in total. The first-order chi connectivity index (χ1) is 11.5. The third-order valence-electron chi connectivity index (χ3n) is 3.33. The number of carbonyl (C=O) groups excluding carboxylic acids is 1. The van der Waals surface area contributed by atoms with Crippen LogP contribution in [0.15, 0.2) is 60.7 Å².